The van der Waals surface area contributed by atoms with Gasteiger partial charge in [-0.25, -0.2) is 4.98 Å². The maximum Gasteiger partial charge on any atom is 0.253 e. The van der Waals surface area contributed by atoms with Crippen LogP contribution >= 0.6 is 0 Å². The Kier molecular flexibility index (Phi) is 4.99. The van der Waals surface area contributed by atoms with E-state index in [-0.39, 0.29) is 11.9 Å². The van der Waals surface area contributed by atoms with Gasteiger partial charge in [0.05, 0.1) is 6.04 Å². The van der Waals surface area contributed by atoms with E-state index >= 15 is 0 Å². The molecule has 2 aliphatic rings. The molecule has 1 atom stereocenters. The fourth-order valence-corrected chi connectivity index (χ4v) is 3.63. The zero-order valence-corrected chi connectivity index (χ0v) is 15.2. The molecular weight excluding hydrogens is 328 g/mol. The van der Waals surface area contributed by atoms with Gasteiger partial charge in [0.1, 0.15) is 5.82 Å². The lowest BCUT2D eigenvalue weighted by Gasteiger charge is -2.32. The van der Waals surface area contributed by atoms with Gasteiger partial charge in [0.25, 0.3) is 5.91 Å². The quantitative estimate of drug-likeness (QED) is 0.877. The molecule has 2 N–H and O–H groups in total. The molecule has 138 valence electrons. The topological polar surface area (TPSA) is 77.1 Å². The number of aromatic amines is 1. The van der Waals surface area contributed by atoms with Gasteiger partial charge in [-0.1, -0.05) is 18.6 Å². The molecule has 7 nitrogen and oxygen atoms in total. The van der Waals surface area contributed by atoms with Gasteiger partial charge < -0.3 is 15.1 Å². The molecule has 0 unspecified atom stereocenters. The van der Waals surface area contributed by atoms with E-state index in [0.717, 1.165) is 50.5 Å². The number of benzene rings is 1. The lowest BCUT2D eigenvalue weighted by Crippen LogP contribution is -2.47. The summed E-state index contributed by atoms with van der Waals surface area (Å²) in [6.45, 7) is 4.42. The number of carbonyl (C=O) groups is 1. The number of likely N-dealkylation sites (N-methyl/N-ethyl adjacent to an activating group) is 1. The first kappa shape index (κ1) is 17.2. The molecule has 1 aromatic carbocycles. The molecule has 0 aliphatic carbocycles. The molecule has 3 heterocycles. The van der Waals surface area contributed by atoms with Crippen LogP contribution in [0, 0.1) is 0 Å². The van der Waals surface area contributed by atoms with E-state index < -0.39 is 0 Å². The van der Waals surface area contributed by atoms with Crippen LogP contribution in [0.1, 0.15) is 41.5 Å². The minimum absolute atomic E-state index is 0.0876. The zero-order chi connectivity index (χ0) is 17.9. The number of amides is 1. The summed E-state index contributed by atoms with van der Waals surface area (Å²) in [5.41, 5.74) is 1.58. The van der Waals surface area contributed by atoms with E-state index in [9.17, 15) is 4.79 Å². The number of carbonyl (C=O) groups excluding carboxylic acids is 1. The molecule has 0 spiro atoms. The second-order valence-corrected chi connectivity index (χ2v) is 7.22. The van der Waals surface area contributed by atoms with E-state index in [1.54, 1.807) is 0 Å². The highest BCUT2D eigenvalue weighted by atomic mass is 16.2. The van der Waals surface area contributed by atoms with Crippen molar-refractivity contribution in [3.63, 3.8) is 0 Å². The summed E-state index contributed by atoms with van der Waals surface area (Å²) in [6, 6.07) is 7.90. The minimum Gasteiger partial charge on any atom is -0.336 e. The van der Waals surface area contributed by atoms with E-state index in [4.69, 9.17) is 0 Å². The molecule has 1 amide bonds. The minimum atomic E-state index is 0.0876. The Hall–Kier alpha value is -2.25. The number of H-pyrrole nitrogens is 1. The van der Waals surface area contributed by atoms with Crippen LogP contribution in [-0.4, -0.2) is 70.7 Å². The Morgan fingerprint density at radius 1 is 1.19 bits per heavy atom. The summed E-state index contributed by atoms with van der Waals surface area (Å²) in [5.74, 6) is 1.63. The monoisotopic (exact) mass is 354 g/mol. The summed E-state index contributed by atoms with van der Waals surface area (Å²) in [6.07, 6.45) is 3.51. The number of piperidine rings is 1. The Labute approximate surface area is 153 Å². The van der Waals surface area contributed by atoms with Gasteiger partial charge in [0.2, 0.25) is 0 Å². The van der Waals surface area contributed by atoms with Crippen molar-refractivity contribution in [1.29, 1.82) is 0 Å². The smallest absolute Gasteiger partial charge is 0.253 e. The predicted octanol–water partition coefficient (Wildman–Crippen LogP) is 1.67. The van der Waals surface area contributed by atoms with E-state index in [1.165, 1.54) is 12.8 Å². The van der Waals surface area contributed by atoms with Crippen molar-refractivity contribution in [3.05, 3.63) is 35.7 Å². The second-order valence-electron chi connectivity index (χ2n) is 7.22. The highest BCUT2D eigenvalue weighted by Gasteiger charge is 2.22. The predicted molar refractivity (Wildman–Crippen MR) is 99.8 cm³/mol. The number of hydrogen-bond donors (Lipinski definition) is 2. The molecule has 26 heavy (non-hydrogen) atoms. The number of aromatic nitrogens is 3. The van der Waals surface area contributed by atoms with Crippen molar-refractivity contribution >= 4 is 5.91 Å². The SMILES string of the molecule is CN1CCN(C(=O)c2cccc(-c3n[nH]c([C@H]4CCCCN4)n3)c2)CC1. The van der Waals surface area contributed by atoms with Crippen LogP contribution in [0.25, 0.3) is 11.4 Å². The maximum absolute atomic E-state index is 12.8. The van der Waals surface area contributed by atoms with Crippen LogP contribution in [0.15, 0.2) is 24.3 Å². The summed E-state index contributed by atoms with van der Waals surface area (Å²) < 4.78 is 0. The third-order valence-corrected chi connectivity index (χ3v) is 5.30. The van der Waals surface area contributed by atoms with Gasteiger partial charge in [-0.15, -0.1) is 0 Å². The van der Waals surface area contributed by atoms with Crippen molar-refractivity contribution < 1.29 is 4.79 Å². The second kappa shape index (κ2) is 7.55. The van der Waals surface area contributed by atoms with Gasteiger partial charge in [-0.3, -0.25) is 9.89 Å². The molecule has 2 saturated heterocycles. The Morgan fingerprint density at radius 3 is 2.81 bits per heavy atom. The van der Waals surface area contributed by atoms with Crippen molar-refractivity contribution in [2.24, 2.45) is 0 Å². The highest BCUT2D eigenvalue weighted by Crippen LogP contribution is 2.23. The number of piperazine rings is 1. The molecule has 2 aliphatic heterocycles. The maximum atomic E-state index is 12.8. The number of nitrogens with one attached hydrogen (secondary N) is 2. The lowest BCUT2D eigenvalue weighted by atomic mass is 10.0. The molecule has 2 aromatic rings. The highest BCUT2D eigenvalue weighted by molar-refractivity contribution is 5.95. The third kappa shape index (κ3) is 3.64. The summed E-state index contributed by atoms with van der Waals surface area (Å²) >= 11 is 0. The Balaban J connectivity index is 1.50. The number of hydrogen-bond acceptors (Lipinski definition) is 5. The zero-order valence-electron chi connectivity index (χ0n) is 15.2. The molecule has 7 heteroatoms. The van der Waals surface area contributed by atoms with Gasteiger partial charge in [0.15, 0.2) is 5.82 Å². The first-order chi connectivity index (χ1) is 12.7. The van der Waals surface area contributed by atoms with Crippen LogP contribution in [0.2, 0.25) is 0 Å². The van der Waals surface area contributed by atoms with Gasteiger partial charge >= 0.3 is 0 Å². The average molecular weight is 354 g/mol. The van der Waals surface area contributed by atoms with E-state index in [1.807, 2.05) is 29.2 Å². The molecule has 0 radical (unpaired) electrons. The summed E-state index contributed by atoms with van der Waals surface area (Å²) in [4.78, 5) is 21.6. The third-order valence-electron chi connectivity index (χ3n) is 5.30. The average Bonchev–Trinajstić information content (AvgIpc) is 3.19. The molecule has 0 saturated carbocycles. The Bertz CT molecular complexity index is 759. The Morgan fingerprint density at radius 2 is 2.04 bits per heavy atom. The van der Waals surface area contributed by atoms with E-state index in [2.05, 4.69) is 32.4 Å². The molecule has 0 bridgehead atoms. The van der Waals surface area contributed by atoms with Crippen molar-refractivity contribution in [2.75, 3.05) is 39.8 Å². The fraction of sp³-hybridized carbons (Fsp3) is 0.526. The molecule has 2 fully saturated rings. The first-order valence-electron chi connectivity index (χ1n) is 9.44. The van der Waals surface area contributed by atoms with Crippen molar-refractivity contribution in [2.45, 2.75) is 25.3 Å². The molecule has 1 aromatic heterocycles. The lowest BCUT2D eigenvalue weighted by molar-refractivity contribution is 0.0664. The van der Waals surface area contributed by atoms with Crippen LogP contribution in [0.4, 0.5) is 0 Å². The molecule has 4 rings (SSSR count). The van der Waals surface area contributed by atoms with Crippen LogP contribution in [-0.2, 0) is 0 Å². The summed E-state index contributed by atoms with van der Waals surface area (Å²) in [5, 5.41) is 10.9. The van der Waals surface area contributed by atoms with Gasteiger partial charge in [-0.05, 0) is 38.6 Å². The van der Waals surface area contributed by atoms with Crippen LogP contribution in [0.5, 0.6) is 0 Å². The van der Waals surface area contributed by atoms with Crippen molar-refractivity contribution in [1.82, 2.24) is 30.3 Å². The van der Waals surface area contributed by atoms with Crippen molar-refractivity contribution in [3.8, 4) is 11.4 Å². The fourth-order valence-electron chi connectivity index (χ4n) is 3.63. The largest absolute Gasteiger partial charge is 0.336 e. The first-order valence-corrected chi connectivity index (χ1v) is 9.44. The van der Waals surface area contributed by atoms with Crippen LogP contribution in [0.3, 0.4) is 0 Å². The standard InChI is InChI=1S/C19H26N6O/c1-24-9-11-25(12-10-24)19(26)15-6-4-5-14(13-15)17-21-18(23-22-17)16-7-2-3-8-20-16/h4-6,13,16,20H,2-3,7-12H2,1H3,(H,21,22,23)/t16-/m1/s1. The normalized spacial score (nSPS) is 21.7. The number of nitrogens with zero attached hydrogens (tertiary/aromatic N) is 4. The van der Waals surface area contributed by atoms with Crippen LogP contribution < -0.4 is 5.32 Å². The summed E-state index contributed by atoms with van der Waals surface area (Å²) in [7, 11) is 2.09. The molecular formula is C19H26N6O. The van der Waals surface area contributed by atoms with Gasteiger partial charge in [-0.2, -0.15) is 5.10 Å². The van der Waals surface area contributed by atoms with Gasteiger partial charge in [0, 0.05) is 37.3 Å². The number of rotatable bonds is 3. The van der Waals surface area contributed by atoms with E-state index in [0.29, 0.717) is 11.4 Å².